The van der Waals surface area contributed by atoms with Gasteiger partial charge in [-0.15, -0.1) is 0 Å². The molecule has 0 saturated carbocycles. The van der Waals surface area contributed by atoms with E-state index in [1.54, 1.807) is 0 Å². The summed E-state index contributed by atoms with van der Waals surface area (Å²) in [6.07, 6.45) is 2.70. The van der Waals surface area contributed by atoms with Crippen molar-refractivity contribution in [2.45, 2.75) is 37.6 Å². The molecule has 0 bridgehead atoms. The third-order valence-electron chi connectivity index (χ3n) is 7.67. The van der Waals surface area contributed by atoms with E-state index < -0.39 is 5.72 Å². The van der Waals surface area contributed by atoms with Gasteiger partial charge in [0.25, 0.3) is 0 Å². The lowest BCUT2D eigenvalue weighted by Crippen LogP contribution is -2.59. The highest BCUT2D eigenvalue weighted by Gasteiger charge is 2.51. The number of nitrogens with zero attached hydrogens (tertiary/aromatic N) is 3. The van der Waals surface area contributed by atoms with Crippen LogP contribution in [0.3, 0.4) is 0 Å². The van der Waals surface area contributed by atoms with Crippen LogP contribution in [0.1, 0.15) is 42.0 Å². The maximum absolute atomic E-state index is 6.80. The van der Waals surface area contributed by atoms with Gasteiger partial charge in [-0.05, 0) is 29.8 Å². The molecule has 1 saturated heterocycles. The summed E-state index contributed by atoms with van der Waals surface area (Å²) in [4.78, 5) is 2.53. The van der Waals surface area contributed by atoms with Crippen molar-refractivity contribution >= 4 is 5.71 Å². The highest BCUT2D eigenvalue weighted by Crippen LogP contribution is 2.50. The van der Waals surface area contributed by atoms with Crippen LogP contribution in [-0.4, -0.2) is 47.6 Å². The van der Waals surface area contributed by atoms with Gasteiger partial charge in [-0.2, -0.15) is 5.10 Å². The molecule has 0 N–H and O–H groups in total. The zero-order chi connectivity index (χ0) is 23.2. The standard InChI is InChI=1S/C29H29N3O3/c1-2-6-21(7-3-1)20-31-14-12-29(13-15-31)32-25(23-8-4-5-9-26(23)35-29)19-24(30-32)22-10-11-27-28(18-22)34-17-16-33-27/h1-11,18,25H,12-17,19-20H2. The molecule has 178 valence electrons. The van der Waals surface area contributed by atoms with E-state index in [4.69, 9.17) is 19.3 Å². The van der Waals surface area contributed by atoms with E-state index >= 15 is 0 Å². The maximum Gasteiger partial charge on any atom is 0.200 e. The fourth-order valence-corrected chi connectivity index (χ4v) is 5.86. The molecule has 0 amide bonds. The Kier molecular flexibility index (Phi) is 4.94. The van der Waals surface area contributed by atoms with Crippen molar-refractivity contribution in [3.05, 3.63) is 89.5 Å². The molecular formula is C29H29N3O3. The molecule has 1 atom stereocenters. The molecule has 0 aromatic heterocycles. The second-order valence-electron chi connectivity index (χ2n) is 9.82. The highest BCUT2D eigenvalue weighted by atomic mass is 16.6. The number of piperidine rings is 1. The third kappa shape index (κ3) is 3.64. The first kappa shape index (κ1) is 20.8. The van der Waals surface area contributed by atoms with Crippen molar-refractivity contribution in [2.24, 2.45) is 5.10 Å². The SMILES string of the molecule is c1ccc(CN2CCC3(CC2)Oc2ccccc2C2CC(c4ccc5c(c4)OCCO5)=NN23)cc1. The van der Waals surface area contributed by atoms with Crippen molar-refractivity contribution in [2.75, 3.05) is 26.3 Å². The maximum atomic E-state index is 6.80. The summed E-state index contributed by atoms with van der Waals surface area (Å²) in [5, 5.41) is 7.50. The summed E-state index contributed by atoms with van der Waals surface area (Å²) in [5.41, 5.74) is 4.34. The van der Waals surface area contributed by atoms with Gasteiger partial charge in [0.1, 0.15) is 19.0 Å². The Balaban J connectivity index is 1.19. The van der Waals surface area contributed by atoms with Crippen LogP contribution < -0.4 is 14.2 Å². The summed E-state index contributed by atoms with van der Waals surface area (Å²) < 4.78 is 18.4. The van der Waals surface area contributed by atoms with Gasteiger partial charge in [0.15, 0.2) is 11.5 Å². The third-order valence-corrected chi connectivity index (χ3v) is 7.67. The molecule has 4 heterocycles. The zero-order valence-corrected chi connectivity index (χ0v) is 19.7. The molecule has 0 aliphatic carbocycles. The summed E-state index contributed by atoms with van der Waals surface area (Å²) in [6, 6.07) is 25.6. The number of benzene rings is 3. The number of hydrogen-bond donors (Lipinski definition) is 0. The molecule has 4 aliphatic rings. The van der Waals surface area contributed by atoms with E-state index in [9.17, 15) is 0 Å². The van der Waals surface area contributed by atoms with E-state index in [1.165, 1.54) is 11.1 Å². The minimum atomic E-state index is -0.415. The van der Waals surface area contributed by atoms with Gasteiger partial charge in [-0.3, -0.25) is 4.90 Å². The van der Waals surface area contributed by atoms with Gasteiger partial charge in [0.05, 0.1) is 11.8 Å². The summed E-state index contributed by atoms with van der Waals surface area (Å²) >= 11 is 0. The quantitative estimate of drug-likeness (QED) is 0.543. The van der Waals surface area contributed by atoms with Gasteiger partial charge in [-0.25, -0.2) is 5.01 Å². The van der Waals surface area contributed by atoms with Crippen molar-refractivity contribution in [1.29, 1.82) is 0 Å². The normalized spacial score (nSPS) is 22.2. The molecule has 1 fully saturated rings. The van der Waals surface area contributed by atoms with Crippen LogP contribution in [0.25, 0.3) is 0 Å². The molecule has 3 aromatic carbocycles. The fourth-order valence-electron chi connectivity index (χ4n) is 5.86. The predicted octanol–water partition coefficient (Wildman–Crippen LogP) is 4.99. The Bertz CT molecular complexity index is 1270. The van der Waals surface area contributed by atoms with Crippen LogP contribution in [0.4, 0.5) is 0 Å². The molecule has 3 aromatic rings. The zero-order valence-electron chi connectivity index (χ0n) is 19.7. The summed E-state index contributed by atoms with van der Waals surface area (Å²) in [6.45, 7) is 4.12. The van der Waals surface area contributed by atoms with E-state index in [1.807, 2.05) is 6.07 Å². The Morgan fingerprint density at radius 2 is 1.60 bits per heavy atom. The van der Waals surface area contributed by atoms with Gasteiger partial charge >= 0.3 is 0 Å². The molecule has 0 radical (unpaired) electrons. The first-order valence-electron chi connectivity index (χ1n) is 12.6. The second-order valence-corrected chi connectivity index (χ2v) is 9.82. The molecular weight excluding hydrogens is 438 g/mol. The van der Waals surface area contributed by atoms with Crippen molar-refractivity contribution < 1.29 is 14.2 Å². The largest absolute Gasteiger partial charge is 0.486 e. The van der Waals surface area contributed by atoms with Crippen LogP contribution in [0, 0.1) is 0 Å². The van der Waals surface area contributed by atoms with Gasteiger partial charge in [-0.1, -0.05) is 48.5 Å². The first-order chi connectivity index (χ1) is 17.3. The van der Waals surface area contributed by atoms with E-state index in [0.717, 1.165) is 67.4 Å². The Labute approximate surface area is 205 Å². The predicted molar refractivity (Wildman–Crippen MR) is 134 cm³/mol. The first-order valence-corrected chi connectivity index (χ1v) is 12.6. The van der Waals surface area contributed by atoms with Gasteiger partial charge < -0.3 is 14.2 Å². The van der Waals surface area contributed by atoms with Crippen molar-refractivity contribution in [3.63, 3.8) is 0 Å². The van der Waals surface area contributed by atoms with E-state index in [-0.39, 0.29) is 6.04 Å². The lowest BCUT2D eigenvalue weighted by atomic mass is 9.90. The molecule has 7 rings (SSSR count). The van der Waals surface area contributed by atoms with Crippen LogP contribution in [0.5, 0.6) is 17.2 Å². The monoisotopic (exact) mass is 467 g/mol. The minimum Gasteiger partial charge on any atom is -0.486 e. The number of likely N-dealkylation sites (tertiary alicyclic amines) is 1. The Morgan fingerprint density at radius 1 is 0.829 bits per heavy atom. The summed E-state index contributed by atoms with van der Waals surface area (Å²) in [7, 11) is 0. The lowest BCUT2D eigenvalue weighted by molar-refractivity contribution is -0.150. The Morgan fingerprint density at radius 3 is 2.46 bits per heavy atom. The fraction of sp³-hybridized carbons (Fsp3) is 0.345. The lowest BCUT2D eigenvalue weighted by Gasteiger charge is -2.51. The molecule has 1 unspecified atom stereocenters. The number of para-hydroxylation sites is 1. The molecule has 4 aliphatic heterocycles. The highest BCUT2D eigenvalue weighted by molar-refractivity contribution is 6.02. The smallest absolute Gasteiger partial charge is 0.200 e. The topological polar surface area (TPSA) is 46.5 Å². The average molecular weight is 468 g/mol. The molecule has 35 heavy (non-hydrogen) atoms. The minimum absolute atomic E-state index is 0.184. The van der Waals surface area contributed by atoms with Crippen LogP contribution in [0.15, 0.2) is 77.9 Å². The number of ether oxygens (including phenoxy) is 3. The van der Waals surface area contributed by atoms with Crippen LogP contribution >= 0.6 is 0 Å². The Hall–Kier alpha value is -3.51. The van der Waals surface area contributed by atoms with Crippen LogP contribution in [0.2, 0.25) is 0 Å². The molecule has 1 spiro atoms. The van der Waals surface area contributed by atoms with Crippen LogP contribution in [-0.2, 0) is 6.54 Å². The van der Waals surface area contributed by atoms with Crippen molar-refractivity contribution in [1.82, 2.24) is 9.91 Å². The molecule has 6 heteroatoms. The van der Waals surface area contributed by atoms with E-state index in [2.05, 4.69) is 76.6 Å². The number of rotatable bonds is 3. The number of fused-ring (bicyclic) bond motifs is 5. The van der Waals surface area contributed by atoms with Gasteiger partial charge in [0, 0.05) is 50.0 Å². The average Bonchev–Trinajstić information content (AvgIpc) is 3.38. The summed E-state index contributed by atoms with van der Waals surface area (Å²) in [5.74, 6) is 2.62. The van der Waals surface area contributed by atoms with E-state index in [0.29, 0.717) is 13.2 Å². The number of hydrazone groups is 1. The second kappa shape index (κ2) is 8.31. The van der Waals surface area contributed by atoms with Crippen molar-refractivity contribution in [3.8, 4) is 17.2 Å². The molecule has 6 nitrogen and oxygen atoms in total. The van der Waals surface area contributed by atoms with Gasteiger partial charge in [0.2, 0.25) is 5.72 Å². The number of hydrogen-bond acceptors (Lipinski definition) is 6.